The number of likely N-dealkylation sites (tertiary alicyclic amines) is 1. The monoisotopic (exact) mass is 503 g/mol. The van der Waals surface area contributed by atoms with Crippen LogP contribution in [0.15, 0.2) is 23.3 Å². The molecule has 1 aliphatic heterocycles. The Kier molecular flexibility index (Phi) is 6.23. The molecule has 5 aliphatic rings. The summed E-state index contributed by atoms with van der Waals surface area (Å²) in [4.78, 5) is 15.0. The van der Waals surface area contributed by atoms with Crippen LogP contribution in [0.5, 0.6) is 0 Å². The Morgan fingerprint density at radius 1 is 1.17 bits per heavy atom. The highest BCUT2D eigenvalue weighted by atomic mass is 16.6. The molecule has 10 atom stereocenters. The molecule has 1 saturated heterocycles. The second-order valence-corrected chi connectivity index (χ2v) is 12.9. The molecule has 4 N–H and O–H groups in total. The average Bonchev–Trinajstić information content (AvgIpc) is 3.47. The van der Waals surface area contributed by atoms with Crippen LogP contribution in [-0.2, 0) is 4.74 Å². The molecule has 2 bridgehead atoms. The molecule has 2 unspecified atom stereocenters. The highest BCUT2D eigenvalue weighted by molar-refractivity contribution is 5.69. The van der Waals surface area contributed by atoms with Crippen molar-refractivity contribution < 1.29 is 30.0 Å². The van der Waals surface area contributed by atoms with Crippen LogP contribution in [-0.4, -0.2) is 74.5 Å². The number of rotatable bonds is 3. The standard InChI is InChI=1S/C29H45NO6/c1-6-26(4)20-13-18(3)28-15-17(2)24(36-25(33)30-11-9-7-8-10-12-30)29(28,35)23(32)19(16-31)14-21(22(20)26)27(28,5)34/h14-15,18,20-24,31-32,34-35H,6-13,16H2,1-5H3/t18-,20-,21?,22-,23-,24+,26+,27?,28+,29+/m1/s1. The summed E-state index contributed by atoms with van der Waals surface area (Å²) in [5.41, 5.74) is -3.71. The van der Waals surface area contributed by atoms with Crippen molar-refractivity contribution >= 4 is 6.09 Å². The van der Waals surface area contributed by atoms with Crippen molar-refractivity contribution in [2.75, 3.05) is 19.7 Å². The molecule has 5 rings (SSSR count). The van der Waals surface area contributed by atoms with E-state index < -0.39 is 41.5 Å². The summed E-state index contributed by atoms with van der Waals surface area (Å²) in [7, 11) is 0. The molecule has 1 amide bonds. The second kappa shape index (κ2) is 8.55. The lowest BCUT2D eigenvalue weighted by Crippen LogP contribution is -2.70. The van der Waals surface area contributed by atoms with Crippen LogP contribution in [0, 0.1) is 34.5 Å². The van der Waals surface area contributed by atoms with E-state index in [1.807, 2.05) is 26.0 Å². The van der Waals surface area contributed by atoms with Crippen LogP contribution in [0.1, 0.15) is 73.1 Å². The Hall–Kier alpha value is -1.41. The molecule has 3 fully saturated rings. The Labute approximate surface area is 215 Å². The van der Waals surface area contributed by atoms with Crippen molar-refractivity contribution in [1.82, 2.24) is 4.90 Å². The minimum Gasteiger partial charge on any atom is -0.438 e. The van der Waals surface area contributed by atoms with E-state index in [-0.39, 0.29) is 23.2 Å². The maximum atomic E-state index is 13.3. The first kappa shape index (κ1) is 26.2. The van der Waals surface area contributed by atoms with E-state index in [1.54, 1.807) is 11.8 Å². The summed E-state index contributed by atoms with van der Waals surface area (Å²) in [6.45, 7) is 10.9. The van der Waals surface area contributed by atoms with Crippen LogP contribution in [0.4, 0.5) is 4.79 Å². The summed E-state index contributed by atoms with van der Waals surface area (Å²) in [6.07, 6.45) is 6.37. The van der Waals surface area contributed by atoms with Crippen LogP contribution >= 0.6 is 0 Å². The molecule has 7 nitrogen and oxygen atoms in total. The Bertz CT molecular complexity index is 967. The van der Waals surface area contributed by atoms with E-state index in [0.717, 1.165) is 38.5 Å². The number of amides is 1. The third-order valence-corrected chi connectivity index (χ3v) is 11.3. The predicted octanol–water partition coefficient (Wildman–Crippen LogP) is 3.41. The number of hydrogen-bond donors (Lipinski definition) is 4. The molecule has 1 heterocycles. The number of aliphatic hydroxyl groups excluding tert-OH is 2. The fourth-order valence-electron chi connectivity index (χ4n) is 9.16. The zero-order valence-electron chi connectivity index (χ0n) is 22.5. The van der Waals surface area contributed by atoms with Crippen molar-refractivity contribution in [2.45, 2.75) is 96.6 Å². The molecule has 0 aromatic carbocycles. The van der Waals surface area contributed by atoms with Gasteiger partial charge in [-0.1, -0.05) is 52.2 Å². The molecule has 0 radical (unpaired) electrons. The number of fused-ring (bicyclic) bond motifs is 3. The van der Waals surface area contributed by atoms with Gasteiger partial charge < -0.3 is 30.1 Å². The van der Waals surface area contributed by atoms with Crippen LogP contribution in [0.3, 0.4) is 0 Å². The van der Waals surface area contributed by atoms with Gasteiger partial charge in [0.1, 0.15) is 11.7 Å². The largest absolute Gasteiger partial charge is 0.438 e. The molecule has 0 aromatic rings. The van der Waals surface area contributed by atoms with Gasteiger partial charge in [0, 0.05) is 19.0 Å². The van der Waals surface area contributed by atoms with Gasteiger partial charge in [-0.3, -0.25) is 0 Å². The van der Waals surface area contributed by atoms with Gasteiger partial charge in [-0.05, 0) is 67.4 Å². The average molecular weight is 504 g/mol. The van der Waals surface area contributed by atoms with Gasteiger partial charge in [0.15, 0.2) is 6.10 Å². The molecule has 0 aromatic heterocycles. The fraction of sp³-hybridized carbons (Fsp3) is 0.828. The Morgan fingerprint density at radius 3 is 2.39 bits per heavy atom. The van der Waals surface area contributed by atoms with Gasteiger partial charge in [0.25, 0.3) is 0 Å². The van der Waals surface area contributed by atoms with Crippen LogP contribution in [0.2, 0.25) is 0 Å². The second-order valence-electron chi connectivity index (χ2n) is 12.9. The third kappa shape index (κ3) is 3.15. The number of ether oxygens (including phenoxy) is 1. The number of aliphatic hydroxyl groups is 4. The lowest BCUT2D eigenvalue weighted by atomic mass is 9.53. The van der Waals surface area contributed by atoms with Crippen molar-refractivity contribution in [1.29, 1.82) is 0 Å². The molecule has 36 heavy (non-hydrogen) atoms. The minimum absolute atomic E-state index is 0.0605. The van der Waals surface area contributed by atoms with Crippen molar-refractivity contribution in [2.24, 2.45) is 34.5 Å². The van der Waals surface area contributed by atoms with Crippen LogP contribution in [0.25, 0.3) is 0 Å². The minimum atomic E-state index is -2.01. The Morgan fingerprint density at radius 2 is 1.81 bits per heavy atom. The van der Waals surface area contributed by atoms with Gasteiger partial charge in [-0.25, -0.2) is 4.79 Å². The summed E-state index contributed by atoms with van der Waals surface area (Å²) in [6, 6.07) is 0. The lowest BCUT2D eigenvalue weighted by molar-refractivity contribution is -0.245. The topological polar surface area (TPSA) is 110 Å². The molecule has 2 saturated carbocycles. The smallest absolute Gasteiger partial charge is 0.410 e. The molecular formula is C29H45NO6. The highest BCUT2D eigenvalue weighted by Crippen LogP contribution is 2.76. The van der Waals surface area contributed by atoms with E-state index in [2.05, 4.69) is 13.8 Å². The summed E-state index contributed by atoms with van der Waals surface area (Å²) >= 11 is 0. The van der Waals surface area contributed by atoms with Gasteiger partial charge >= 0.3 is 6.09 Å². The lowest BCUT2D eigenvalue weighted by Gasteiger charge is -2.56. The first-order valence-corrected chi connectivity index (χ1v) is 14.0. The summed E-state index contributed by atoms with van der Waals surface area (Å²) < 4.78 is 6.07. The van der Waals surface area contributed by atoms with Gasteiger partial charge in [-0.2, -0.15) is 0 Å². The molecule has 4 aliphatic carbocycles. The summed E-state index contributed by atoms with van der Waals surface area (Å²) in [5.74, 6) is 0.00733. The van der Waals surface area contributed by atoms with Gasteiger partial charge in [-0.15, -0.1) is 0 Å². The molecular weight excluding hydrogens is 458 g/mol. The summed E-state index contributed by atoms with van der Waals surface area (Å²) in [5, 5.41) is 47.4. The number of carbonyl (C=O) groups is 1. The maximum absolute atomic E-state index is 13.3. The number of carbonyl (C=O) groups excluding carboxylic acids is 1. The van der Waals surface area contributed by atoms with E-state index in [0.29, 0.717) is 30.2 Å². The van der Waals surface area contributed by atoms with E-state index in [4.69, 9.17) is 4.74 Å². The third-order valence-electron chi connectivity index (χ3n) is 11.3. The molecule has 7 heteroatoms. The normalized spacial score (nSPS) is 50.1. The molecule has 1 spiro atoms. The van der Waals surface area contributed by atoms with Gasteiger partial charge in [0.05, 0.1) is 17.6 Å². The highest BCUT2D eigenvalue weighted by Gasteiger charge is 2.80. The zero-order chi connectivity index (χ0) is 26.3. The first-order chi connectivity index (χ1) is 16.9. The number of nitrogens with zero attached hydrogens (tertiary/aromatic N) is 1. The molecule has 202 valence electrons. The van der Waals surface area contributed by atoms with E-state index >= 15 is 0 Å². The van der Waals surface area contributed by atoms with Crippen molar-refractivity contribution in [3.8, 4) is 0 Å². The van der Waals surface area contributed by atoms with E-state index in [9.17, 15) is 25.2 Å². The zero-order valence-corrected chi connectivity index (χ0v) is 22.5. The predicted molar refractivity (Wildman–Crippen MR) is 136 cm³/mol. The van der Waals surface area contributed by atoms with Crippen molar-refractivity contribution in [3.05, 3.63) is 23.3 Å². The van der Waals surface area contributed by atoms with Gasteiger partial charge in [0.2, 0.25) is 0 Å². The first-order valence-electron chi connectivity index (χ1n) is 14.0. The quantitative estimate of drug-likeness (QED) is 0.440. The van der Waals surface area contributed by atoms with Crippen molar-refractivity contribution in [3.63, 3.8) is 0 Å². The van der Waals surface area contributed by atoms with E-state index in [1.165, 1.54) is 0 Å². The Balaban J connectivity index is 1.62. The SMILES string of the molecule is CC[C@@]1(C)[C@@H]2C[C@@H](C)[C@]34C=C(C)[C@H](OC(=O)N5CCCCCC5)[C@@]3(O)[C@H](O)C(CO)=CC([C@@H]21)C4(C)O. The maximum Gasteiger partial charge on any atom is 0.410 e. The van der Waals surface area contributed by atoms with Crippen LogP contribution < -0.4 is 0 Å². The fourth-order valence-corrected chi connectivity index (χ4v) is 9.16. The number of hydrogen-bond acceptors (Lipinski definition) is 6.